The molecule has 4 aromatic rings. The lowest BCUT2D eigenvalue weighted by Gasteiger charge is -2.46. The van der Waals surface area contributed by atoms with Crippen molar-refractivity contribution in [1.29, 1.82) is 0 Å². The fraction of sp³-hybridized carbons (Fsp3) is 0.406. The van der Waals surface area contributed by atoms with Crippen LogP contribution in [0.5, 0.6) is 0 Å². The van der Waals surface area contributed by atoms with Gasteiger partial charge < -0.3 is 9.80 Å². The molecule has 41 heavy (non-hydrogen) atoms. The Kier molecular flexibility index (Phi) is 7.17. The number of carbonyl (C=O) groups is 2. The molecule has 0 atom stereocenters. The summed E-state index contributed by atoms with van der Waals surface area (Å²) in [5.41, 5.74) is 4.31. The molecule has 0 saturated carbocycles. The van der Waals surface area contributed by atoms with E-state index in [4.69, 9.17) is 10.1 Å². The summed E-state index contributed by atoms with van der Waals surface area (Å²) in [7, 11) is 0. The zero-order valence-corrected chi connectivity index (χ0v) is 24.8. The zero-order valence-electron chi connectivity index (χ0n) is 24.8. The Hall–Kier alpha value is -4.14. The maximum Gasteiger partial charge on any atom is 0.274 e. The number of nitrogens with zero attached hydrogens (tertiary/aromatic N) is 6. The van der Waals surface area contributed by atoms with Crippen LogP contribution in [0, 0.1) is 12.7 Å². The third kappa shape index (κ3) is 5.33. The van der Waals surface area contributed by atoms with E-state index in [0.717, 1.165) is 23.1 Å². The molecule has 0 aliphatic carbocycles. The lowest BCUT2D eigenvalue weighted by molar-refractivity contribution is 0.0162. The fourth-order valence-electron chi connectivity index (χ4n) is 5.49. The minimum absolute atomic E-state index is 0.113. The van der Waals surface area contributed by atoms with Crippen LogP contribution in [-0.2, 0) is 11.8 Å². The maximum absolute atomic E-state index is 14.0. The van der Waals surface area contributed by atoms with Crippen molar-refractivity contribution in [2.24, 2.45) is 0 Å². The number of aromatic nitrogens is 4. The van der Waals surface area contributed by atoms with Crippen molar-refractivity contribution in [3.63, 3.8) is 0 Å². The van der Waals surface area contributed by atoms with Crippen molar-refractivity contribution in [3.8, 4) is 11.3 Å². The summed E-state index contributed by atoms with van der Waals surface area (Å²) in [6.07, 6.45) is 4.03. The van der Waals surface area contributed by atoms with Crippen LogP contribution < -0.4 is 0 Å². The van der Waals surface area contributed by atoms with Crippen LogP contribution in [0.2, 0.25) is 0 Å². The number of carbonyl (C=O) groups excluding carboxylic acids is 2. The number of fused-ring (bicyclic) bond motifs is 1. The van der Waals surface area contributed by atoms with Crippen LogP contribution in [0.1, 0.15) is 79.2 Å². The molecule has 1 aliphatic heterocycles. The van der Waals surface area contributed by atoms with Gasteiger partial charge >= 0.3 is 0 Å². The van der Waals surface area contributed by atoms with Gasteiger partial charge in [0.2, 0.25) is 0 Å². The minimum Gasteiger partial charge on any atom is -0.333 e. The second-order valence-corrected chi connectivity index (χ2v) is 12.4. The van der Waals surface area contributed by atoms with Gasteiger partial charge in [-0.3, -0.25) is 14.6 Å². The normalized spacial score (nSPS) is 15.4. The first-order chi connectivity index (χ1) is 19.3. The monoisotopic (exact) mass is 556 g/mol. The molecule has 4 heterocycles. The van der Waals surface area contributed by atoms with E-state index >= 15 is 0 Å². The summed E-state index contributed by atoms with van der Waals surface area (Å²) in [4.78, 5) is 40.0. The fourth-order valence-corrected chi connectivity index (χ4v) is 5.49. The van der Waals surface area contributed by atoms with E-state index in [1.807, 2.05) is 39.0 Å². The molecule has 0 spiro atoms. The highest BCUT2D eigenvalue weighted by Crippen LogP contribution is 2.31. The van der Waals surface area contributed by atoms with Crippen LogP contribution >= 0.6 is 0 Å². The van der Waals surface area contributed by atoms with Crippen molar-refractivity contribution in [1.82, 2.24) is 29.4 Å². The number of piperazine rings is 1. The summed E-state index contributed by atoms with van der Waals surface area (Å²) in [5.74, 6) is -0.590. The Morgan fingerprint density at radius 1 is 1.07 bits per heavy atom. The molecule has 0 unspecified atom stereocenters. The average molecular weight is 557 g/mol. The first kappa shape index (κ1) is 28.4. The number of rotatable bonds is 4. The molecule has 1 saturated heterocycles. The summed E-state index contributed by atoms with van der Waals surface area (Å²) < 4.78 is 15.6. The average Bonchev–Trinajstić information content (AvgIpc) is 3.36. The smallest absolute Gasteiger partial charge is 0.274 e. The van der Waals surface area contributed by atoms with Gasteiger partial charge in [-0.15, -0.1) is 0 Å². The molecule has 1 aromatic carbocycles. The molecule has 1 fully saturated rings. The van der Waals surface area contributed by atoms with Crippen molar-refractivity contribution in [2.45, 2.75) is 65.8 Å². The van der Waals surface area contributed by atoms with Gasteiger partial charge in [-0.25, -0.2) is 13.9 Å². The first-order valence-electron chi connectivity index (χ1n) is 14.0. The van der Waals surface area contributed by atoms with E-state index in [-0.39, 0.29) is 23.0 Å². The van der Waals surface area contributed by atoms with E-state index in [2.05, 4.69) is 25.8 Å². The van der Waals surface area contributed by atoms with Crippen LogP contribution in [0.25, 0.3) is 16.9 Å². The summed E-state index contributed by atoms with van der Waals surface area (Å²) in [5, 5.41) is 4.76. The lowest BCUT2D eigenvalue weighted by atomic mass is 9.87. The van der Waals surface area contributed by atoms with Crippen molar-refractivity contribution in [3.05, 3.63) is 82.7 Å². The number of pyridine rings is 1. The minimum atomic E-state index is -0.626. The second kappa shape index (κ2) is 10.4. The van der Waals surface area contributed by atoms with Gasteiger partial charge in [-0.1, -0.05) is 33.8 Å². The van der Waals surface area contributed by atoms with Crippen LogP contribution in [-0.4, -0.2) is 66.4 Å². The molecule has 5 rings (SSSR count). The Labute approximate surface area is 240 Å². The second-order valence-electron chi connectivity index (χ2n) is 12.4. The molecular weight excluding hydrogens is 519 g/mol. The molecule has 0 bridgehead atoms. The molecule has 0 N–H and O–H groups in total. The van der Waals surface area contributed by atoms with E-state index in [1.54, 1.807) is 45.8 Å². The van der Waals surface area contributed by atoms with Crippen LogP contribution in [0.3, 0.4) is 0 Å². The molecule has 3 aromatic heterocycles. The van der Waals surface area contributed by atoms with Gasteiger partial charge in [0.25, 0.3) is 11.8 Å². The third-order valence-corrected chi connectivity index (χ3v) is 7.82. The summed E-state index contributed by atoms with van der Waals surface area (Å²) in [6, 6.07) is 10.7. The molecule has 9 heteroatoms. The molecule has 2 amide bonds. The van der Waals surface area contributed by atoms with Crippen LogP contribution in [0.15, 0.2) is 48.8 Å². The lowest BCUT2D eigenvalue weighted by Crippen LogP contribution is -2.62. The van der Waals surface area contributed by atoms with E-state index in [9.17, 15) is 14.0 Å². The highest BCUT2D eigenvalue weighted by atomic mass is 19.1. The summed E-state index contributed by atoms with van der Waals surface area (Å²) in [6.45, 7) is 15.1. The number of hydrogen-bond donors (Lipinski definition) is 0. The van der Waals surface area contributed by atoms with Crippen LogP contribution in [0.4, 0.5) is 4.39 Å². The summed E-state index contributed by atoms with van der Waals surface area (Å²) >= 11 is 0. The van der Waals surface area contributed by atoms with Gasteiger partial charge in [-0.05, 0) is 74.1 Å². The number of halogens is 1. The van der Waals surface area contributed by atoms with E-state index in [1.165, 1.54) is 6.07 Å². The van der Waals surface area contributed by atoms with E-state index < -0.39 is 5.54 Å². The van der Waals surface area contributed by atoms with Gasteiger partial charge in [0, 0.05) is 37.0 Å². The Morgan fingerprint density at radius 3 is 2.49 bits per heavy atom. The predicted molar refractivity (Wildman–Crippen MR) is 156 cm³/mol. The maximum atomic E-state index is 14.0. The van der Waals surface area contributed by atoms with Gasteiger partial charge in [-0.2, -0.15) is 5.10 Å². The Balaban J connectivity index is 1.46. The highest BCUT2D eigenvalue weighted by Gasteiger charge is 2.40. The predicted octanol–water partition coefficient (Wildman–Crippen LogP) is 5.48. The van der Waals surface area contributed by atoms with Gasteiger partial charge in [0.1, 0.15) is 17.2 Å². The largest absolute Gasteiger partial charge is 0.333 e. The zero-order chi connectivity index (χ0) is 29.7. The Morgan fingerprint density at radius 2 is 1.83 bits per heavy atom. The molecular formula is C32H37FN6O2. The Bertz CT molecular complexity index is 1650. The number of hydrogen-bond acceptors (Lipinski definition) is 5. The number of amides is 2. The van der Waals surface area contributed by atoms with Gasteiger partial charge in [0.05, 0.1) is 17.4 Å². The topological polar surface area (TPSA) is 83.7 Å². The van der Waals surface area contributed by atoms with Gasteiger partial charge in [0.15, 0.2) is 5.65 Å². The SMILES string of the molecule is CCc1cccnc1C(=O)N1CCN(C(=O)c2cn3nc(-c4ccc(F)c(C)c4)cc(C(C)(C)C)c3n2)C(C)(C)C1. The number of benzene rings is 1. The number of aryl methyl sites for hydroxylation is 2. The number of imidazole rings is 1. The third-order valence-electron chi connectivity index (χ3n) is 7.82. The van der Waals surface area contributed by atoms with Crippen molar-refractivity contribution >= 4 is 17.5 Å². The molecule has 214 valence electrons. The molecule has 8 nitrogen and oxygen atoms in total. The highest BCUT2D eigenvalue weighted by molar-refractivity contribution is 5.95. The standard InChI is InChI=1S/C32H37FN6O2/c1-8-21-10-9-13-34-27(21)30(41)37-14-15-38(32(6,7)19-37)29(40)26-18-39-28(35-26)23(31(3,4)5)17-25(36-39)22-11-12-24(33)20(2)16-22/h9-13,16-18H,8,14-15,19H2,1-7H3. The van der Waals surface area contributed by atoms with E-state index in [0.29, 0.717) is 47.9 Å². The first-order valence-corrected chi connectivity index (χ1v) is 14.0. The molecule has 1 aliphatic rings. The molecule has 0 radical (unpaired) electrons. The van der Waals surface area contributed by atoms with Crippen molar-refractivity contribution < 1.29 is 14.0 Å². The van der Waals surface area contributed by atoms with Crippen molar-refractivity contribution in [2.75, 3.05) is 19.6 Å². The quantitative estimate of drug-likeness (QED) is 0.333.